The fourth-order valence-electron chi connectivity index (χ4n) is 2.74. The van der Waals surface area contributed by atoms with E-state index in [4.69, 9.17) is 0 Å². The first kappa shape index (κ1) is 16.9. The Morgan fingerprint density at radius 3 is 2.52 bits per heavy atom. The van der Waals surface area contributed by atoms with Crippen LogP contribution in [-0.4, -0.2) is 15.7 Å². The molecule has 1 atom stereocenters. The van der Waals surface area contributed by atoms with Crippen molar-refractivity contribution >= 4 is 11.7 Å². The largest absolute Gasteiger partial charge is 0.311 e. The average Bonchev–Trinajstić information content (AvgIpc) is 2.96. The van der Waals surface area contributed by atoms with Crippen LogP contribution in [0.5, 0.6) is 0 Å². The Morgan fingerprint density at radius 2 is 1.84 bits per heavy atom. The first-order chi connectivity index (χ1) is 12.0. The number of halogens is 1. The van der Waals surface area contributed by atoms with Crippen LogP contribution in [0.3, 0.4) is 0 Å². The minimum Gasteiger partial charge on any atom is -0.311 e. The summed E-state index contributed by atoms with van der Waals surface area (Å²) in [5, 5.41) is 7.29. The van der Waals surface area contributed by atoms with Gasteiger partial charge in [-0.15, -0.1) is 0 Å². The van der Waals surface area contributed by atoms with E-state index in [1.165, 1.54) is 12.1 Å². The number of nitrogens with one attached hydrogen (secondary N) is 1. The van der Waals surface area contributed by atoms with E-state index in [0.717, 1.165) is 11.3 Å². The molecule has 128 valence electrons. The Balaban J connectivity index is 1.74. The van der Waals surface area contributed by atoms with Crippen LogP contribution in [0.1, 0.15) is 30.5 Å². The summed E-state index contributed by atoms with van der Waals surface area (Å²) in [5.74, 6) is 0.299. The van der Waals surface area contributed by atoms with Gasteiger partial charge in [0.15, 0.2) is 0 Å². The fourth-order valence-corrected chi connectivity index (χ4v) is 2.74. The molecule has 1 heterocycles. The summed E-state index contributed by atoms with van der Waals surface area (Å²) >= 11 is 0. The van der Waals surface area contributed by atoms with Crippen LogP contribution in [-0.2, 0) is 4.79 Å². The Morgan fingerprint density at radius 1 is 1.16 bits per heavy atom. The molecule has 0 saturated heterocycles. The van der Waals surface area contributed by atoms with Crippen LogP contribution in [0.4, 0.5) is 10.2 Å². The molecule has 5 heteroatoms. The first-order valence-corrected chi connectivity index (χ1v) is 8.20. The lowest BCUT2D eigenvalue weighted by Crippen LogP contribution is -2.17. The third kappa shape index (κ3) is 4.12. The molecule has 0 bridgehead atoms. The number of amides is 1. The molecule has 0 spiro atoms. The smallest absolute Gasteiger partial charge is 0.226 e. The van der Waals surface area contributed by atoms with Crippen LogP contribution < -0.4 is 5.32 Å². The highest BCUT2D eigenvalue weighted by atomic mass is 19.1. The number of nitrogens with zero attached hydrogens (tertiary/aromatic N) is 2. The Kier molecular flexibility index (Phi) is 4.93. The van der Waals surface area contributed by atoms with Gasteiger partial charge in [0.2, 0.25) is 5.91 Å². The molecule has 1 aromatic heterocycles. The second kappa shape index (κ2) is 7.30. The topological polar surface area (TPSA) is 46.9 Å². The number of aryl methyl sites for hydroxylation is 1. The highest BCUT2D eigenvalue weighted by Gasteiger charge is 2.14. The Bertz CT molecular complexity index is 856. The van der Waals surface area contributed by atoms with Crippen LogP contribution in [0.15, 0.2) is 60.7 Å². The van der Waals surface area contributed by atoms with E-state index in [2.05, 4.69) is 10.4 Å². The third-order valence-electron chi connectivity index (χ3n) is 4.03. The molecule has 0 aliphatic heterocycles. The molecule has 0 radical (unpaired) electrons. The second-order valence-electron chi connectivity index (χ2n) is 6.12. The van der Waals surface area contributed by atoms with E-state index < -0.39 is 0 Å². The maximum absolute atomic E-state index is 13.1. The lowest BCUT2D eigenvalue weighted by atomic mass is 9.98. The summed E-state index contributed by atoms with van der Waals surface area (Å²) in [6.07, 6.45) is 0.373. The number of hydrogen-bond donors (Lipinski definition) is 1. The number of benzene rings is 2. The molecule has 1 amide bonds. The highest BCUT2D eigenvalue weighted by molar-refractivity contribution is 5.90. The molecule has 3 rings (SSSR count). The summed E-state index contributed by atoms with van der Waals surface area (Å²) in [4.78, 5) is 12.4. The zero-order chi connectivity index (χ0) is 17.8. The molecule has 1 unspecified atom stereocenters. The van der Waals surface area contributed by atoms with Gasteiger partial charge in [-0.3, -0.25) is 4.79 Å². The zero-order valence-electron chi connectivity index (χ0n) is 14.2. The number of aromatic nitrogens is 2. The molecule has 0 aliphatic carbocycles. The molecule has 3 aromatic rings. The predicted octanol–water partition coefficient (Wildman–Crippen LogP) is 4.45. The standard InChI is InChI=1S/C20H20FN3O/c1-14(16-6-4-3-5-7-16)12-20(25)22-19-13-15(2)23-24(19)18-10-8-17(21)9-11-18/h3-11,13-14H,12H2,1-2H3,(H,22,25). The predicted molar refractivity (Wildman–Crippen MR) is 96.4 cm³/mol. The van der Waals surface area contributed by atoms with Crippen molar-refractivity contribution in [3.63, 3.8) is 0 Å². The van der Waals surface area contributed by atoms with Gasteiger partial charge in [0, 0.05) is 12.5 Å². The number of carbonyl (C=O) groups excluding carboxylic acids is 1. The molecular weight excluding hydrogens is 317 g/mol. The maximum atomic E-state index is 13.1. The van der Waals surface area contributed by atoms with Crippen LogP contribution in [0.2, 0.25) is 0 Å². The fraction of sp³-hybridized carbons (Fsp3) is 0.200. The van der Waals surface area contributed by atoms with Crippen LogP contribution >= 0.6 is 0 Å². The molecule has 25 heavy (non-hydrogen) atoms. The number of hydrogen-bond acceptors (Lipinski definition) is 2. The van der Waals surface area contributed by atoms with Crippen molar-refractivity contribution in [1.82, 2.24) is 9.78 Å². The number of carbonyl (C=O) groups is 1. The average molecular weight is 337 g/mol. The summed E-state index contributed by atoms with van der Waals surface area (Å²) < 4.78 is 14.7. The molecule has 0 aliphatic rings. The summed E-state index contributed by atoms with van der Waals surface area (Å²) in [6, 6.07) is 17.7. The van der Waals surface area contributed by atoms with Crippen molar-refractivity contribution in [2.75, 3.05) is 5.32 Å². The zero-order valence-corrected chi connectivity index (χ0v) is 14.2. The van der Waals surface area contributed by atoms with Gasteiger partial charge in [0.05, 0.1) is 11.4 Å². The molecule has 4 nitrogen and oxygen atoms in total. The van der Waals surface area contributed by atoms with Gasteiger partial charge in [-0.25, -0.2) is 9.07 Å². The van der Waals surface area contributed by atoms with Crippen LogP contribution in [0.25, 0.3) is 5.69 Å². The van der Waals surface area contributed by atoms with Gasteiger partial charge in [-0.05, 0) is 42.7 Å². The van der Waals surface area contributed by atoms with Crippen molar-refractivity contribution < 1.29 is 9.18 Å². The molecule has 1 N–H and O–H groups in total. The minimum absolute atomic E-state index is 0.0837. The van der Waals surface area contributed by atoms with E-state index >= 15 is 0 Å². The van der Waals surface area contributed by atoms with Crippen molar-refractivity contribution in [2.24, 2.45) is 0 Å². The Labute approximate surface area is 146 Å². The summed E-state index contributed by atoms with van der Waals surface area (Å²) in [5.41, 5.74) is 2.59. The highest BCUT2D eigenvalue weighted by Crippen LogP contribution is 2.21. The van der Waals surface area contributed by atoms with Gasteiger partial charge in [0.1, 0.15) is 11.6 Å². The Hall–Kier alpha value is -2.95. The van der Waals surface area contributed by atoms with E-state index in [1.54, 1.807) is 22.9 Å². The van der Waals surface area contributed by atoms with E-state index in [0.29, 0.717) is 17.9 Å². The van der Waals surface area contributed by atoms with Gasteiger partial charge >= 0.3 is 0 Å². The normalized spacial score (nSPS) is 12.0. The van der Waals surface area contributed by atoms with E-state index in [-0.39, 0.29) is 17.6 Å². The van der Waals surface area contributed by atoms with Gasteiger partial charge in [0.25, 0.3) is 0 Å². The van der Waals surface area contributed by atoms with E-state index in [1.807, 2.05) is 44.2 Å². The number of anilines is 1. The second-order valence-corrected chi connectivity index (χ2v) is 6.12. The van der Waals surface area contributed by atoms with Crippen LogP contribution in [0, 0.1) is 12.7 Å². The molecule has 0 saturated carbocycles. The number of rotatable bonds is 5. The molecule has 2 aromatic carbocycles. The summed E-state index contributed by atoms with van der Waals surface area (Å²) in [6.45, 7) is 3.87. The van der Waals surface area contributed by atoms with Crippen molar-refractivity contribution in [2.45, 2.75) is 26.2 Å². The van der Waals surface area contributed by atoms with Gasteiger partial charge in [-0.1, -0.05) is 37.3 Å². The summed E-state index contributed by atoms with van der Waals surface area (Å²) in [7, 11) is 0. The van der Waals surface area contributed by atoms with E-state index in [9.17, 15) is 9.18 Å². The van der Waals surface area contributed by atoms with Gasteiger partial charge < -0.3 is 5.32 Å². The quantitative estimate of drug-likeness (QED) is 0.747. The SMILES string of the molecule is Cc1cc(NC(=O)CC(C)c2ccccc2)n(-c2ccc(F)cc2)n1. The monoisotopic (exact) mass is 337 g/mol. The minimum atomic E-state index is -0.310. The van der Waals surface area contributed by atoms with Gasteiger partial charge in [-0.2, -0.15) is 5.10 Å². The third-order valence-corrected chi connectivity index (χ3v) is 4.03. The molecule has 0 fully saturated rings. The van der Waals surface area contributed by atoms with Crippen molar-refractivity contribution in [3.8, 4) is 5.69 Å². The van der Waals surface area contributed by atoms with Crippen molar-refractivity contribution in [1.29, 1.82) is 0 Å². The lowest BCUT2D eigenvalue weighted by Gasteiger charge is -2.13. The maximum Gasteiger partial charge on any atom is 0.226 e. The first-order valence-electron chi connectivity index (χ1n) is 8.20. The lowest BCUT2D eigenvalue weighted by molar-refractivity contribution is -0.116. The molecular formula is C20H20FN3O. The van der Waals surface area contributed by atoms with Crippen molar-refractivity contribution in [3.05, 3.63) is 77.7 Å².